The van der Waals surface area contributed by atoms with Crippen LogP contribution in [0.15, 0.2) is 42.7 Å². The molecule has 1 unspecified atom stereocenters. The molecule has 0 bridgehead atoms. The third-order valence-corrected chi connectivity index (χ3v) is 4.80. The summed E-state index contributed by atoms with van der Waals surface area (Å²) in [6, 6.07) is 9.45. The van der Waals surface area contributed by atoms with Crippen molar-refractivity contribution < 1.29 is 14.7 Å². The van der Waals surface area contributed by atoms with Crippen molar-refractivity contribution in [2.24, 2.45) is 5.41 Å². The highest BCUT2D eigenvalue weighted by atomic mass is 16.4. The van der Waals surface area contributed by atoms with Gasteiger partial charge in [-0.2, -0.15) is 5.10 Å². The zero-order valence-corrected chi connectivity index (χ0v) is 13.6. The Morgan fingerprint density at radius 2 is 2.04 bits per heavy atom. The quantitative estimate of drug-likeness (QED) is 0.854. The molecule has 6 heteroatoms. The van der Waals surface area contributed by atoms with Gasteiger partial charge in [-0.25, -0.2) is 4.68 Å². The van der Waals surface area contributed by atoms with E-state index in [1.807, 2.05) is 43.5 Å². The summed E-state index contributed by atoms with van der Waals surface area (Å²) in [5, 5.41) is 16.4. The molecule has 1 fully saturated rings. The Labute approximate surface area is 140 Å². The van der Waals surface area contributed by atoms with Crippen LogP contribution in [0.4, 0.5) is 0 Å². The maximum Gasteiger partial charge on any atom is 0.310 e. The first-order valence-electron chi connectivity index (χ1n) is 8.13. The molecule has 1 saturated carbocycles. The van der Waals surface area contributed by atoms with Crippen LogP contribution in [0.25, 0.3) is 5.69 Å². The molecule has 6 nitrogen and oxygen atoms in total. The third-order valence-electron chi connectivity index (χ3n) is 4.80. The van der Waals surface area contributed by atoms with Crippen LogP contribution < -0.4 is 5.32 Å². The molecule has 1 aliphatic rings. The van der Waals surface area contributed by atoms with Crippen LogP contribution in [0.2, 0.25) is 0 Å². The molecule has 3 rings (SSSR count). The average molecular weight is 327 g/mol. The van der Waals surface area contributed by atoms with Gasteiger partial charge in [0.2, 0.25) is 5.91 Å². The van der Waals surface area contributed by atoms with E-state index in [1.54, 1.807) is 10.9 Å². The maximum absolute atomic E-state index is 12.2. The van der Waals surface area contributed by atoms with Gasteiger partial charge in [0.25, 0.3) is 0 Å². The number of hydrogen-bond acceptors (Lipinski definition) is 3. The minimum absolute atomic E-state index is 0.0536. The van der Waals surface area contributed by atoms with Gasteiger partial charge in [0.15, 0.2) is 0 Å². The first-order valence-corrected chi connectivity index (χ1v) is 8.13. The topological polar surface area (TPSA) is 84.2 Å². The van der Waals surface area contributed by atoms with E-state index in [2.05, 4.69) is 10.4 Å². The number of hydrogen-bond donors (Lipinski definition) is 2. The fourth-order valence-electron chi connectivity index (χ4n) is 3.09. The first-order chi connectivity index (χ1) is 11.5. The molecule has 2 aromatic rings. The van der Waals surface area contributed by atoms with E-state index < -0.39 is 11.4 Å². The van der Waals surface area contributed by atoms with E-state index in [0.29, 0.717) is 12.8 Å². The molecule has 1 aromatic carbocycles. The fourth-order valence-corrected chi connectivity index (χ4v) is 3.09. The summed E-state index contributed by atoms with van der Waals surface area (Å²) < 4.78 is 1.76. The number of aliphatic carboxylic acids is 1. The van der Waals surface area contributed by atoms with Crippen LogP contribution >= 0.6 is 0 Å². The van der Waals surface area contributed by atoms with E-state index in [1.165, 1.54) is 0 Å². The summed E-state index contributed by atoms with van der Waals surface area (Å²) in [5.74, 6) is -1.07. The monoisotopic (exact) mass is 327 g/mol. The smallest absolute Gasteiger partial charge is 0.310 e. The zero-order valence-electron chi connectivity index (χ0n) is 13.6. The van der Waals surface area contributed by atoms with Crippen LogP contribution in [0.3, 0.4) is 0 Å². The standard InChI is InChI=1S/C18H21N3O3/c1-13(20-16(22)12-18(17(23)24)8-2-9-18)14-4-6-15(7-5-14)21-11-3-10-19-21/h3-7,10-11,13H,2,8-9,12H2,1H3,(H,20,22)(H,23,24). The molecule has 1 amide bonds. The lowest BCUT2D eigenvalue weighted by molar-refractivity contribution is -0.157. The highest BCUT2D eigenvalue weighted by Gasteiger charge is 2.45. The van der Waals surface area contributed by atoms with Crippen molar-refractivity contribution in [2.45, 2.75) is 38.6 Å². The fraction of sp³-hybridized carbons (Fsp3) is 0.389. The van der Waals surface area contributed by atoms with Gasteiger partial charge in [-0.05, 0) is 43.5 Å². The second-order valence-corrected chi connectivity index (χ2v) is 6.45. The van der Waals surface area contributed by atoms with Gasteiger partial charge in [-0.1, -0.05) is 18.6 Å². The average Bonchev–Trinajstić information content (AvgIpc) is 3.05. The second-order valence-electron chi connectivity index (χ2n) is 6.45. The van der Waals surface area contributed by atoms with Crippen molar-refractivity contribution in [2.75, 3.05) is 0 Å². The number of aromatic nitrogens is 2. The molecule has 1 aromatic heterocycles. The van der Waals surface area contributed by atoms with E-state index in [4.69, 9.17) is 0 Å². The molecule has 0 spiro atoms. The normalized spacial score (nSPS) is 16.9. The van der Waals surface area contributed by atoms with Gasteiger partial charge in [-0.15, -0.1) is 0 Å². The van der Waals surface area contributed by atoms with Crippen molar-refractivity contribution in [3.8, 4) is 5.69 Å². The van der Waals surface area contributed by atoms with Crippen LogP contribution in [0.1, 0.15) is 44.2 Å². The number of nitrogens with one attached hydrogen (secondary N) is 1. The van der Waals surface area contributed by atoms with Crippen LogP contribution in [0.5, 0.6) is 0 Å². The molecule has 2 N–H and O–H groups in total. The van der Waals surface area contributed by atoms with Gasteiger partial charge < -0.3 is 10.4 Å². The summed E-state index contributed by atoms with van der Waals surface area (Å²) in [5.41, 5.74) is 1.06. The lowest BCUT2D eigenvalue weighted by atomic mass is 9.66. The molecule has 24 heavy (non-hydrogen) atoms. The Kier molecular flexibility index (Phi) is 4.38. The van der Waals surface area contributed by atoms with Crippen LogP contribution in [-0.2, 0) is 9.59 Å². The largest absolute Gasteiger partial charge is 0.481 e. The SMILES string of the molecule is CC(NC(=O)CC1(C(=O)O)CCC1)c1ccc(-n2cccn2)cc1. The van der Waals surface area contributed by atoms with E-state index >= 15 is 0 Å². The van der Waals surface area contributed by atoms with Crippen LogP contribution in [0, 0.1) is 5.41 Å². The number of rotatable bonds is 6. The molecule has 1 atom stereocenters. The summed E-state index contributed by atoms with van der Waals surface area (Å²) in [4.78, 5) is 23.6. The Hall–Kier alpha value is -2.63. The van der Waals surface area contributed by atoms with Crippen molar-refractivity contribution in [1.82, 2.24) is 15.1 Å². The molecule has 0 radical (unpaired) electrons. The van der Waals surface area contributed by atoms with Crippen molar-refractivity contribution in [3.05, 3.63) is 48.3 Å². The molecule has 0 aliphatic heterocycles. The minimum Gasteiger partial charge on any atom is -0.481 e. The highest BCUT2D eigenvalue weighted by Crippen LogP contribution is 2.44. The third kappa shape index (κ3) is 3.18. The second kappa shape index (κ2) is 6.47. The predicted molar refractivity (Wildman–Crippen MR) is 88.7 cm³/mol. The van der Waals surface area contributed by atoms with E-state index in [-0.39, 0.29) is 18.4 Å². The molecule has 0 saturated heterocycles. The number of carboxylic acid groups (broad SMARTS) is 1. The number of benzene rings is 1. The summed E-state index contributed by atoms with van der Waals surface area (Å²) in [6.45, 7) is 1.90. The van der Waals surface area contributed by atoms with Gasteiger partial charge in [-0.3, -0.25) is 9.59 Å². The van der Waals surface area contributed by atoms with E-state index in [0.717, 1.165) is 17.7 Å². The van der Waals surface area contributed by atoms with Crippen molar-refractivity contribution >= 4 is 11.9 Å². The Morgan fingerprint density at radius 3 is 2.54 bits per heavy atom. The Morgan fingerprint density at radius 1 is 1.33 bits per heavy atom. The maximum atomic E-state index is 12.2. The van der Waals surface area contributed by atoms with Crippen molar-refractivity contribution in [1.29, 1.82) is 0 Å². The lowest BCUT2D eigenvalue weighted by Crippen LogP contribution is -2.43. The number of carbonyl (C=O) groups excluding carboxylic acids is 1. The first kappa shape index (κ1) is 16.2. The number of amides is 1. The lowest BCUT2D eigenvalue weighted by Gasteiger charge is -2.37. The van der Waals surface area contributed by atoms with Gasteiger partial charge in [0.1, 0.15) is 0 Å². The molecule has 1 heterocycles. The van der Waals surface area contributed by atoms with Gasteiger partial charge >= 0.3 is 5.97 Å². The van der Waals surface area contributed by atoms with Crippen LogP contribution in [-0.4, -0.2) is 26.8 Å². The summed E-state index contributed by atoms with van der Waals surface area (Å²) in [7, 11) is 0. The molecular weight excluding hydrogens is 306 g/mol. The number of nitrogens with zero attached hydrogens (tertiary/aromatic N) is 2. The summed E-state index contributed by atoms with van der Waals surface area (Å²) >= 11 is 0. The zero-order chi connectivity index (χ0) is 17.2. The Balaban J connectivity index is 1.61. The van der Waals surface area contributed by atoms with Gasteiger partial charge in [0, 0.05) is 18.8 Å². The molecular formula is C18H21N3O3. The number of carbonyl (C=O) groups is 2. The van der Waals surface area contributed by atoms with Gasteiger partial charge in [0.05, 0.1) is 17.1 Å². The molecule has 126 valence electrons. The number of carboxylic acids is 1. The molecule has 1 aliphatic carbocycles. The highest BCUT2D eigenvalue weighted by molar-refractivity contribution is 5.85. The minimum atomic E-state index is -0.861. The summed E-state index contributed by atoms with van der Waals surface area (Å²) in [6.07, 6.45) is 5.69. The van der Waals surface area contributed by atoms with Crippen molar-refractivity contribution in [3.63, 3.8) is 0 Å². The Bertz CT molecular complexity index is 718. The van der Waals surface area contributed by atoms with E-state index in [9.17, 15) is 14.7 Å². The predicted octanol–water partition coefficient (Wildman–Crippen LogP) is 2.69.